The van der Waals surface area contributed by atoms with Crippen molar-refractivity contribution in [1.82, 2.24) is 4.90 Å². The van der Waals surface area contributed by atoms with Crippen LogP contribution in [-0.4, -0.2) is 37.0 Å². The number of nitrogens with zero attached hydrogens (tertiary/aromatic N) is 1. The van der Waals surface area contributed by atoms with Gasteiger partial charge in [0.2, 0.25) is 0 Å². The lowest BCUT2D eigenvalue weighted by atomic mass is 10.1. The Labute approximate surface area is 136 Å². The molecule has 5 heteroatoms. The Bertz CT molecular complexity index is 702. The van der Waals surface area contributed by atoms with E-state index in [0.29, 0.717) is 18.7 Å². The van der Waals surface area contributed by atoms with Crippen molar-refractivity contribution >= 4 is 17.3 Å². The third-order valence-electron chi connectivity index (χ3n) is 4.02. The van der Waals surface area contributed by atoms with Crippen LogP contribution in [-0.2, 0) is 0 Å². The maximum atomic E-state index is 12.7. The van der Waals surface area contributed by atoms with Gasteiger partial charge in [-0.1, -0.05) is 18.2 Å². The molecular formula is C18H21N3O2. The average Bonchev–Trinajstić information content (AvgIpc) is 3.01. The number of ether oxygens (including phenoxy) is 1. The molecule has 0 spiro atoms. The summed E-state index contributed by atoms with van der Waals surface area (Å²) in [6.07, 6.45) is 0.858. The first-order chi connectivity index (χ1) is 11.2. The summed E-state index contributed by atoms with van der Waals surface area (Å²) in [6.45, 7) is 1.33. The minimum Gasteiger partial charge on any atom is -0.497 e. The van der Waals surface area contributed by atoms with Crippen LogP contribution >= 0.6 is 0 Å². The van der Waals surface area contributed by atoms with E-state index in [1.165, 1.54) is 0 Å². The van der Waals surface area contributed by atoms with Gasteiger partial charge < -0.3 is 20.7 Å². The van der Waals surface area contributed by atoms with Crippen LogP contribution in [0, 0.1) is 0 Å². The van der Waals surface area contributed by atoms with E-state index in [9.17, 15) is 4.79 Å². The van der Waals surface area contributed by atoms with Gasteiger partial charge >= 0.3 is 0 Å². The van der Waals surface area contributed by atoms with Crippen molar-refractivity contribution in [2.45, 2.75) is 12.5 Å². The highest BCUT2D eigenvalue weighted by Crippen LogP contribution is 2.25. The summed E-state index contributed by atoms with van der Waals surface area (Å²) in [5.74, 6) is 0.785. The molecule has 1 fully saturated rings. The predicted molar refractivity (Wildman–Crippen MR) is 91.2 cm³/mol. The highest BCUT2D eigenvalue weighted by Gasteiger charge is 2.25. The molecule has 1 atom stereocenters. The summed E-state index contributed by atoms with van der Waals surface area (Å²) >= 11 is 0. The van der Waals surface area contributed by atoms with Crippen molar-refractivity contribution in [2.24, 2.45) is 5.73 Å². The van der Waals surface area contributed by atoms with Gasteiger partial charge in [-0.3, -0.25) is 4.79 Å². The number of nitrogens with two attached hydrogens (primary N) is 1. The maximum absolute atomic E-state index is 12.7. The molecule has 0 radical (unpaired) electrons. The fourth-order valence-electron chi connectivity index (χ4n) is 2.78. The normalized spacial score (nSPS) is 17.1. The van der Waals surface area contributed by atoms with Gasteiger partial charge in [-0.2, -0.15) is 0 Å². The first-order valence-electron chi connectivity index (χ1n) is 7.72. The van der Waals surface area contributed by atoms with E-state index in [2.05, 4.69) is 5.32 Å². The lowest BCUT2D eigenvalue weighted by molar-refractivity contribution is 0.0792. The van der Waals surface area contributed by atoms with E-state index in [1.807, 2.05) is 53.4 Å². The standard InChI is InChI=1S/C18H21N3O2/c1-23-15-6-4-5-14(11-15)20-17-8-3-2-7-16(17)18(22)21-10-9-13(19)12-21/h2-8,11,13,20H,9-10,12,19H2,1H3/t13-/m1/s1. The molecule has 0 bridgehead atoms. The summed E-state index contributed by atoms with van der Waals surface area (Å²) in [6, 6.07) is 15.2. The van der Waals surface area contributed by atoms with Gasteiger partial charge in [-0.25, -0.2) is 0 Å². The van der Waals surface area contributed by atoms with Crippen LogP contribution in [0.25, 0.3) is 0 Å². The van der Waals surface area contributed by atoms with Gasteiger partial charge in [0, 0.05) is 30.9 Å². The van der Waals surface area contributed by atoms with Crippen LogP contribution in [0.15, 0.2) is 48.5 Å². The molecule has 23 heavy (non-hydrogen) atoms. The zero-order valence-corrected chi connectivity index (χ0v) is 13.2. The van der Waals surface area contributed by atoms with Gasteiger partial charge in [0.15, 0.2) is 0 Å². The van der Waals surface area contributed by atoms with Crippen LogP contribution in [0.3, 0.4) is 0 Å². The van der Waals surface area contributed by atoms with E-state index in [4.69, 9.17) is 10.5 Å². The Balaban J connectivity index is 1.84. The van der Waals surface area contributed by atoms with Crippen molar-refractivity contribution in [3.05, 3.63) is 54.1 Å². The second kappa shape index (κ2) is 6.71. The third-order valence-corrected chi connectivity index (χ3v) is 4.02. The molecule has 0 unspecified atom stereocenters. The number of nitrogens with one attached hydrogen (secondary N) is 1. The molecule has 5 nitrogen and oxygen atoms in total. The topological polar surface area (TPSA) is 67.6 Å². The van der Waals surface area contributed by atoms with Crippen LogP contribution < -0.4 is 15.8 Å². The third kappa shape index (κ3) is 3.46. The monoisotopic (exact) mass is 311 g/mol. The zero-order valence-electron chi connectivity index (χ0n) is 13.2. The fourth-order valence-corrected chi connectivity index (χ4v) is 2.78. The Hall–Kier alpha value is -2.53. The number of carbonyl (C=O) groups is 1. The van der Waals surface area contributed by atoms with Gasteiger partial charge in [0.25, 0.3) is 5.91 Å². The Morgan fingerprint density at radius 3 is 2.83 bits per heavy atom. The Morgan fingerprint density at radius 2 is 2.09 bits per heavy atom. The molecule has 120 valence electrons. The van der Waals surface area contributed by atoms with Crippen molar-refractivity contribution in [2.75, 3.05) is 25.5 Å². The lowest BCUT2D eigenvalue weighted by Crippen LogP contribution is -2.32. The summed E-state index contributed by atoms with van der Waals surface area (Å²) in [5.41, 5.74) is 8.23. The van der Waals surface area contributed by atoms with E-state index in [0.717, 1.165) is 23.5 Å². The van der Waals surface area contributed by atoms with E-state index >= 15 is 0 Å². The molecular weight excluding hydrogens is 290 g/mol. The van der Waals surface area contributed by atoms with Crippen LogP contribution in [0.2, 0.25) is 0 Å². The fraction of sp³-hybridized carbons (Fsp3) is 0.278. The molecule has 2 aromatic carbocycles. The molecule has 3 N–H and O–H groups in total. The molecule has 3 rings (SSSR count). The van der Waals surface area contributed by atoms with Crippen LogP contribution in [0.4, 0.5) is 11.4 Å². The molecule has 1 saturated heterocycles. The highest BCUT2D eigenvalue weighted by molar-refractivity contribution is 6.00. The minimum atomic E-state index is 0.0175. The number of para-hydroxylation sites is 1. The van der Waals surface area contributed by atoms with Gasteiger partial charge in [-0.05, 0) is 30.7 Å². The Morgan fingerprint density at radius 1 is 1.26 bits per heavy atom. The average molecular weight is 311 g/mol. The molecule has 1 aliphatic rings. The van der Waals surface area contributed by atoms with Crippen molar-refractivity contribution in [1.29, 1.82) is 0 Å². The number of hydrogen-bond donors (Lipinski definition) is 2. The number of hydrogen-bond acceptors (Lipinski definition) is 4. The van der Waals surface area contributed by atoms with Crippen LogP contribution in [0.5, 0.6) is 5.75 Å². The van der Waals surface area contributed by atoms with E-state index in [-0.39, 0.29) is 11.9 Å². The number of likely N-dealkylation sites (tertiary alicyclic amines) is 1. The van der Waals surface area contributed by atoms with Crippen molar-refractivity contribution < 1.29 is 9.53 Å². The van der Waals surface area contributed by atoms with Crippen molar-refractivity contribution in [3.63, 3.8) is 0 Å². The molecule has 0 aliphatic carbocycles. The van der Waals surface area contributed by atoms with Crippen LogP contribution in [0.1, 0.15) is 16.8 Å². The number of benzene rings is 2. The van der Waals surface area contributed by atoms with E-state index < -0.39 is 0 Å². The maximum Gasteiger partial charge on any atom is 0.256 e. The molecule has 1 heterocycles. The summed E-state index contributed by atoms with van der Waals surface area (Å²) in [4.78, 5) is 14.5. The number of carbonyl (C=O) groups excluding carboxylic acids is 1. The van der Waals surface area contributed by atoms with Gasteiger partial charge in [0.1, 0.15) is 5.75 Å². The summed E-state index contributed by atoms with van der Waals surface area (Å²) in [5, 5.41) is 3.30. The minimum absolute atomic E-state index is 0.0175. The highest BCUT2D eigenvalue weighted by atomic mass is 16.5. The predicted octanol–water partition coefficient (Wildman–Crippen LogP) is 2.61. The SMILES string of the molecule is COc1cccc(Nc2ccccc2C(=O)N2CC[C@@H](N)C2)c1. The second-order valence-corrected chi connectivity index (χ2v) is 5.70. The number of rotatable bonds is 4. The summed E-state index contributed by atoms with van der Waals surface area (Å²) in [7, 11) is 1.63. The summed E-state index contributed by atoms with van der Waals surface area (Å²) < 4.78 is 5.23. The first kappa shape index (κ1) is 15.4. The molecule has 0 saturated carbocycles. The molecule has 2 aromatic rings. The molecule has 1 aliphatic heterocycles. The van der Waals surface area contributed by atoms with E-state index in [1.54, 1.807) is 7.11 Å². The lowest BCUT2D eigenvalue weighted by Gasteiger charge is -2.19. The number of anilines is 2. The number of methoxy groups -OCH3 is 1. The zero-order chi connectivity index (χ0) is 16.2. The smallest absolute Gasteiger partial charge is 0.256 e. The molecule has 0 aromatic heterocycles. The van der Waals surface area contributed by atoms with Gasteiger partial charge in [-0.15, -0.1) is 0 Å². The largest absolute Gasteiger partial charge is 0.497 e. The second-order valence-electron chi connectivity index (χ2n) is 5.70. The van der Waals surface area contributed by atoms with Crippen molar-refractivity contribution in [3.8, 4) is 5.75 Å². The Kier molecular flexibility index (Phi) is 4.48. The first-order valence-corrected chi connectivity index (χ1v) is 7.72. The molecule has 1 amide bonds. The number of amides is 1. The quantitative estimate of drug-likeness (QED) is 0.911. The van der Waals surface area contributed by atoms with Gasteiger partial charge in [0.05, 0.1) is 18.4 Å².